The lowest BCUT2D eigenvalue weighted by Gasteiger charge is -2.12. The average molecular weight is 285 g/mol. The van der Waals surface area contributed by atoms with E-state index in [9.17, 15) is 14.4 Å². The molecule has 0 fully saturated rings. The van der Waals surface area contributed by atoms with Gasteiger partial charge >= 0.3 is 11.9 Å². The lowest BCUT2D eigenvalue weighted by molar-refractivity contribution is -0.147. The molecule has 0 radical (unpaired) electrons. The van der Waals surface area contributed by atoms with Crippen molar-refractivity contribution in [1.29, 1.82) is 0 Å². The van der Waals surface area contributed by atoms with Crippen LogP contribution in [-0.4, -0.2) is 34.1 Å². The molecule has 1 heterocycles. The first-order valence-electron chi connectivity index (χ1n) is 5.75. The van der Waals surface area contributed by atoms with Crippen molar-refractivity contribution in [1.82, 2.24) is 5.32 Å². The van der Waals surface area contributed by atoms with Gasteiger partial charge < -0.3 is 15.5 Å². The van der Waals surface area contributed by atoms with Gasteiger partial charge in [0.2, 0.25) is 5.91 Å². The van der Waals surface area contributed by atoms with Crippen molar-refractivity contribution < 1.29 is 24.6 Å². The van der Waals surface area contributed by atoms with Crippen molar-refractivity contribution in [2.45, 2.75) is 31.7 Å². The van der Waals surface area contributed by atoms with Gasteiger partial charge in [0.15, 0.2) is 0 Å². The molecule has 7 heteroatoms. The van der Waals surface area contributed by atoms with E-state index in [4.69, 9.17) is 10.2 Å². The van der Waals surface area contributed by atoms with E-state index in [2.05, 4.69) is 5.32 Å². The van der Waals surface area contributed by atoms with Crippen LogP contribution in [0.5, 0.6) is 0 Å². The van der Waals surface area contributed by atoms with Crippen LogP contribution in [0.25, 0.3) is 0 Å². The van der Waals surface area contributed by atoms with Crippen LogP contribution in [0.4, 0.5) is 0 Å². The van der Waals surface area contributed by atoms with E-state index in [1.807, 2.05) is 17.5 Å². The standard InChI is InChI=1S/C12H15NO5S/c14-10(5-1-3-8-4-2-6-19-8)13-9(12(17)18)7-11(15)16/h2,4,6,9H,1,3,5,7H2,(H,13,14)(H,15,16)(H,17,18)/t9-/m0/s1. The lowest BCUT2D eigenvalue weighted by atomic mass is 10.1. The molecule has 0 saturated carbocycles. The Kier molecular flexibility index (Phi) is 6.01. The number of carboxylic acid groups (broad SMARTS) is 2. The summed E-state index contributed by atoms with van der Waals surface area (Å²) < 4.78 is 0. The molecule has 1 rings (SSSR count). The molecule has 19 heavy (non-hydrogen) atoms. The lowest BCUT2D eigenvalue weighted by Crippen LogP contribution is -2.42. The Bertz CT molecular complexity index is 443. The van der Waals surface area contributed by atoms with Crippen molar-refractivity contribution in [3.63, 3.8) is 0 Å². The van der Waals surface area contributed by atoms with Crippen molar-refractivity contribution in [3.05, 3.63) is 22.4 Å². The maximum atomic E-state index is 11.5. The number of carboxylic acids is 2. The fraction of sp³-hybridized carbons (Fsp3) is 0.417. The van der Waals surface area contributed by atoms with Gasteiger partial charge in [0, 0.05) is 11.3 Å². The SMILES string of the molecule is O=C(O)C[C@H](NC(=O)CCCc1cccs1)C(=O)O. The molecule has 1 atom stereocenters. The van der Waals surface area contributed by atoms with E-state index in [1.54, 1.807) is 11.3 Å². The first-order valence-corrected chi connectivity index (χ1v) is 6.63. The van der Waals surface area contributed by atoms with Gasteiger partial charge in [-0.05, 0) is 24.3 Å². The molecular weight excluding hydrogens is 270 g/mol. The summed E-state index contributed by atoms with van der Waals surface area (Å²) in [5.74, 6) is -3.04. The largest absolute Gasteiger partial charge is 0.481 e. The quantitative estimate of drug-likeness (QED) is 0.664. The number of hydrogen-bond donors (Lipinski definition) is 3. The summed E-state index contributed by atoms with van der Waals surface area (Å²) >= 11 is 1.60. The molecule has 3 N–H and O–H groups in total. The minimum atomic E-state index is -1.37. The Morgan fingerprint density at radius 2 is 2.05 bits per heavy atom. The van der Waals surface area contributed by atoms with Crippen LogP contribution in [-0.2, 0) is 20.8 Å². The van der Waals surface area contributed by atoms with Crippen LogP contribution < -0.4 is 5.32 Å². The third-order valence-electron chi connectivity index (χ3n) is 2.42. The molecule has 1 aromatic heterocycles. The van der Waals surface area contributed by atoms with Gasteiger partial charge in [-0.25, -0.2) is 4.79 Å². The van der Waals surface area contributed by atoms with Crippen molar-refractivity contribution in [3.8, 4) is 0 Å². The Morgan fingerprint density at radius 1 is 1.32 bits per heavy atom. The van der Waals surface area contributed by atoms with Gasteiger partial charge in [-0.15, -0.1) is 11.3 Å². The topological polar surface area (TPSA) is 104 Å². The van der Waals surface area contributed by atoms with Crippen LogP contribution in [0.2, 0.25) is 0 Å². The fourth-order valence-electron chi connectivity index (χ4n) is 1.52. The number of nitrogens with one attached hydrogen (secondary N) is 1. The molecule has 1 aromatic rings. The number of carbonyl (C=O) groups is 3. The third kappa shape index (κ3) is 6.01. The predicted octanol–water partition coefficient (Wildman–Crippen LogP) is 1.11. The highest BCUT2D eigenvalue weighted by molar-refractivity contribution is 7.09. The smallest absolute Gasteiger partial charge is 0.326 e. The molecule has 0 spiro atoms. The molecule has 1 amide bonds. The summed E-state index contributed by atoms with van der Waals surface area (Å²) in [5.41, 5.74) is 0. The summed E-state index contributed by atoms with van der Waals surface area (Å²) in [6, 6.07) is 2.52. The second-order valence-corrected chi connectivity index (χ2v) is 5.02. The highest BCUT2D eigenvalue weighted by Crippen LogP contribution is 2.11. The minimum absolute atomic E-state index is 0.182. The summed E-state index contributed by atoms with van der Waals surface area (Å²) in [5, 5.41) is 21.5. The van der Waals surface area contributed by atoms with Crippen LogP contribution in [0, 0.1) is 0 Å². The van der Waals surface area contributed by atoms with Gasteiger partial charge in [-0.3, -0.25) is 9.59 Å². The van der Waals surface area contributed by atoms with E-state index in [0.717, 1.165) is 11.3 Å². The maximum absolute atomic E-state index is 11.5. The molecule has 0 aliphatic rings. The molecule has 0 saturated heterocycles. The zero-order chi connectivity index (χ0) is 14.3. The van der Waals surface area contributed by atoms with Crippen LogP contribution >= 0.6 is 11.3 Å². The van der Waals surface area contributed by atoms with Crippen molar-refractivity contribution in [2.75, 3.05) is 0 Å². The highest BCUT2D eigenvalue weighted by atomic mass is 32.1. The summed E-state index contributed by atoms with van der Waals surface area (Å²) in [4.78, 5) is 33.9. The third-order valence-corrected chi connectivity index (χ3v) is 3.36. The molecular formula is C12H15NO5S. The van der Waals surface area contributed by atoms with Crippen molar-refractivity contribution in [2.24, 2.45) is 0 Å². The molecule has 0 bridgehead atoms. The molecule has 0 unspecified atom stereocenters. The number of rotatable bonds is 8. The normalized spacial score (nSPS) is 11.8. The summed E-state index contributed by atoms with van der Waals surface area (Å²) in [7, 11) is 0. The monoisotopic (exact) mass is 285 g/mol. The van der Waals surface area contributed by atoms with Crippen LogP contribution in [0.15, 0.2) is 17.5 Å². The maximum Gasteiger partial charge on any atom is 0.326 e. The minimum Gasteiger partial charge on any atom is -0.481 e. The number of aryl methyl sites for hydroxylation is 1. The number of carbonyl (C=O) groups excluding carboxylic acids is 1. The first-order chi connectivity index (χ1) is 8.99. The van der Waals surface area contributed by atoms with Gasteiger partial charge in [-0.1, -0.05) is 6.07 Å². The molecule has 0 aromatic carbocycles. The van der Waals surface area contributed by atoms with Gasteiger partial charge in [-0.2, -0.15) is 0 Å². The second kappa shape index (κ2) is 7.52. The number of hydrogen-bond acceptors (Lipinski definition) is 4. The molecule has 0 aliphatic carbocycles. The van der Waals surface area contributed by atoms with E-state index < -0.39 is 30.3 Å². The van der Waals surface area contributed by atoms with E-state index >= 15 is 0 Å². The zero-order valence-electron chi connectivity index (χ0n) is 10.2. The number of aliphatic carboxylic acids is 2. The summed E-state index contributed by atoms with van der Waals surface area (Å²) in [6.45, 7) is 0. The Balaban J connectivity index is 2.32. The first kappa shape index (κ1) is 15.2. The van der Waals surface area contributed by atoms with Gasteiger partial charge in [0.1, 0.15) is 6.04 Å². The predicted molar refractivity (Wildman–Crippen MR) is 69.1 cm³/mol. The number of amides is 1. The molecule has 0 aliphatic heterocycles. The molecule has 6 nitrogen and oxygen atoms in total. The van der Waals surface area contributed by atoms with Crippen LogP contribution in [0.3, 0.4) is 0 Å². The van der Waals surface area contributed by atoms with E-state index in [-0.39, 0.29) is 6.42 Å². The van der Waals surface area contributed by atoms with E-state index in [0.29, 0.717) is 6.42 Å². The second-order valence-electron chi connectivity index (χ2n) is 3.99. The Morgan fingerprint density at radius 3 is 2.58 bits per heavy atom. The average Bonchev–Trinajstić information content (AvgIpc) is 2.80. The number of thiophene rings is 1. The fourth-order valence-corrected chi connectivity index (χ4v) is 2.27. The molecule has 104 valence electrons. The zero-order valence-corrected chi connectivity index (χ0v) is 11.0. The Labute approximate surface area is 114 Å². The van der Waals surface area contributed by atoms with Crippen LogP contribution in [0.1, 0.15) is 24.1 Å². The highest BCUT2D eigenvalue weighted by Gasteiger charge is 2.22. The Hall–Kier alpha value is -1.89. The van der Waals surface area contributed by atoms with Gasteiger partial charge in [0.25, 0.3) is 0 Å². The van der Waals surface area contributed by atoms with E-state index in [1.165, 1.54) is 0 Å². The van der Waals surface area contributed by atoms with Crippen molar-refractivity contribution >= 4 is 29.2 Å². The van der Waals surface area contributed by atoms with Gasteiger partial charge in [0.05, 0.1) is 6.42 Å². The summed E-state index contributed by atoms with van der Waals surface area (Å²) in [6.07, 6.45) is 0.917.